The maximum absolute atomic E-state index is 12.0. The molecule has 0 radical (unpaired) electrons. The molecule has 1 N–H and O–H groups in total. The van der Waals surface area contributed by atoms with E-state index in [4.69, 9.17) is 14.0 Å². The highest BCUT2D eigenvalue weighted by Crippen LogP contribution is 2.33. The molecule has 0 amide bonds. The van der Waals surface area contributed by atoms with Gasteiger partial charge >= 0.3 is 6.18 Å². The topological polar surface area (TPSA) is 69.4 Å². The molecule has 0 saturated carbocycles. The van der Waals surface area contributed by atoms with E-state index < -0.39 is 18.3 Å². The van der Waals surface area contributed by atoms with Gasteiger partial charge in [0.25, 0.3) is 0 Å². The van der Waals surface area contributed by atoms with Crippen molar-refractivity contribution < 1.29 is 27.2 Å². The number of aromatic nitrogens is 2. The van der Waals surface area contributed by atoms with Gasteiger partial charge in [0.2, 0.25) is 11.7 Å². The maximum Gasteiger partial charge on any atom is 0.401 e. The first kappa shape index (κ1) is 15.2. The number of nitrogens with one attached hydrogen (secondary N) is 1. The zero-order valence-electron chi connectivity index (χ0n) is 11.0. The molecule has 0 aliphatic carbocycles. The van der Waals surface area contributed by atoms with Crippen LogP contribution in [0.4, 0.5) is 13.2 Å². The Hall–Kier alpha value is -1.19. The fraction of sp³-hybridized carbons (Fsp3) is 0.818. The molecule has 1 aromatic rings. The number of ether oxygens (including phenoxy) is 2. The van der Waals surface area contributed by atoms with Crippen LogP contribution in [0.3, 0.4) is 0 Å². The summed E-state index contributed by atoms with van der Waals surface area (Å²) in [6.45, 7) is -0.204. The summed E-state index contributed by atoms with van der Waals surface area (Å²) in [6, 6.07) is 0. The van der Waals surface area contributed by atoms with Crippen LogP contribution in [0.5, 0.6) is 0 Å². The second-order valence-corrected chi connectivity index (χ2v) is 4.54. The molecular formula is C11H16F3N3O3. The summed E-state index contributed by atoms with van der Waals surface area (Å²) >= 11 is 0. The number of halogens is 3. The SMILES string of the molecule is COC1(c2noc(CNCC(F)(F)F)n2)CCOCC1. The summed E-state index contributed by atoms with van der Waals surface area (Å²) in [5.41, 5.74) is -0.677. The molecule has 1 saturated heterocycles. The van der Waals surface area contributed by atoms with Crippen LogP contribution in [0.15, 0.2) is 4.52 Å². The van der Waals surface area contributed by atoms with Crippen molar-refractivity contribution in [2.24, 2.45) is 0 Å². The van der Waals surface area contributed by atoms with Crippen molar-refractivity contribution in [3.8, 4) is 0 Å². The van der Waals surface area contributed by atoms with Gasteiger partial charge in [0.1, 0.15) is 5.60 Å². The fourth-order valence-corrected chi connectivity index (χ4v) is 2.04. The van der Waals surface area contributed by atoms with Crippen LogP contribution in [0.25, 0.3) is 0 Å². The van der Waals surface area contributed by atoms with Gasteiger partial charge < -0.3 is 19.3 Å². The molecule has 114 valence electrons. The lowest BCUT2D eigenvalue weighted by atomic mass is 9.93. The highest BCUT2D eigenvalue weighted by molar-refractivity contribution is 5.03. The van der Waals surface area contributed by atoms with Crippen LogP contribution < -0.4 is 5.32 Å². The first-order valence-corrected chi connectivity index (χ1v) is 6.19. The Morgan fingerprint density at radius 2 is 2.05 bits per heavy atom. The summed E-state index contributed by atoms with van der Waals surface area (Å²) in [5, 5.41) is 6.01. The van der Waals surface area contributed by atoms with Crippen LogP contribution in [-0.2, 0) is 21.6 Å². The van der Waals surface area contributed by atoms with Gasteiger partial charge in [-0.25, -0.2) is 0 Å². The van der Waals surface area contributed by atoms with E-state index in [2.05, 4.69) is 15.5 Å². The average Bonchev–Trinajstić information content (AvgIpc) is 2.87. The largest absolute Gasteiger partial charge is 0.401 e. The normalized spacial score (nSPS) is 19.2. The number of hydrogen-bond donors (Lipinski definition) is 1. The minimum atomic E-state index is -4.27. The number of methoxy groups -OCH3 is 1. The monoisotopic (exact) mass is 295 g/mol. The van der Waals surface area contributed by atoms with Crippen molar-refractivity contribution in [2.45, 2.75) is 31.2 Å². The van der Waals surface area contributed by atoms with Crippen molar-refractivity contribution in [2.75, 3.05) is 26.9 Å². The number of alkyl halides is 3. The van der Waals surface area contributed by atoms with Gasteiger partial charge in [-0.2, -0.15) is 18.2 Å². The van der Waals surface area contributed by atoms with E-state index in [1.807, 2.05) is 0 Å². The lowest BCUT2D eigenvalue weighted by Gasteiger charge is -2.32. The smallest absolute Gasteiger partial charge is 0.381 e. The van der Waals surface area contributed by atoms with E-state index in [0.717, 1.165) is 0 Å². The summed E-state index contributed by atoms with van der Waals surface area (Å²) in [6.07, 6.45) is -3.10. The van der Waals surface area contributed by atoms with Crippen molar-refractivity contribution >= 4 is 0 Å². The lowest BCUT2D eigenvalue weighted by molar-refractivity contribution is -0.125. The Morgan fingerprint density at radius 3 is 2.65 bits per heavy atom. The van der Waals surface area contributed by atoms with Gasteiger partial charge in [-0.05, 0) is 0 Å². The second-order valence-electron chi connectivity index (χ2n) is 4.54. The highest BCUT2D eigenvalue weighted by Gasteiger charge is 2.39. The molecule has 0 bridgehead atoms. The zero-order valence-corrected chi connectivity index (χ0v) is 11.0. The Labute approximate surface area is 113 Å². The first-order chi connectivity index (χ1) is 9.45. The van der Waals surface area contributed by atoms with Gasteiger partial charge in [0, 0.05) is 33.2 Å². The molecular weight excluding hydrogens is 279 g/mol. The summed E-state index contributed by atoms with van der Waals surface area (Å²) < 4.78 is 51.7. The van der Waals surface area contributed by atoms with Crippen LogP contribution in [0.2, 0.25) is 0 Å². The molecule has 1 fully saturated rings. The van der Waals surface area contributed by atoms with Crippen LogP contribution in [-0.4, -0.2) is 43.2 Å². The number of nitrogens with zero attached hydrogens (tertiary/aromatic N) is 2. The fourth-order valence-electron chi connectivity index (χ4n) is 2.04. The van der Waals surface area contributed by atoms with E-state index in [9.17, 15) is 13.2 Å². The van der Waals surface area contributed by atoms with E-state index in [1.165, 1.54) is 0 Å². The third kappa shape index (κ3) is 3.68. The Kier molecular flexibility index (Phi) is 4.61. The van der Waals surface area contributed by atoms with Crippen molar-refractivity contribution in [3.05, 3.63) is 11.7 Å². The van der Waals surface area contributed by atoms with Gasteiger partial charge in [0.05, 0.1) is 13.1 Å². The molecule has 0 atom stereocenters. The van der Waals surface area contributed by atoms with Crippen molar-refractivity contribution in [1.29, 1.82) is 0 Å². The van der Waals surface area contributed by atoms with Gasteiger partial charge in [-0.1, -0.05) is 5.16 Å². The van der Waals surface area contributed by atoms with Crippen LogP contribution in [0.1, 0.15) is 24.6 Å². The van der Waals surface area contributed by atoms with Gasteiger partial charge in [0.15, 0.2) is 0 Å². The third-order valence-corrected chi connectivity index (χ3v) is 3.17. The van der Waals surface area contributed by atoms with Gasteiger partial charge in [-0.3, -0.25) is 0 Å². The first-order valence-electron chi connectivity index (χ1n) is 6.19. The summed E-state index contributed by atoms with van der Waals surface area (Å²) in [7, 11) is 1.54. The van der Waals surface area contributed by atoms with Crippen LogP contribution in [0, 0.1) is 0 Å². The third-order valence-electron chi connectivity index (χ3n) is 3.17. The zero-order chi connectivity index (χ0) is 14.6. The molecule has 1 aliphatic rings. The van der Waals surface area contributed by atoms with Crippen molar-refractivity contribution in [3.63, 3.8) is 0 Å². The average molecular weight is 295 g/mol. The molecule has 1 aromatic heterocycles. The van der Waals surface area contributed by atoms with Crippen LogP contribution >= 0.6 is 0 Å². The molecule has 6 nitrogen and oxygen atoms in total. The number of hydrogen-bond acceptors (Lipinski definition) is 6. The van der Waals surface area contributed by atoms with Gasteiger partial charge in [-0.15, -0.1) is 0 Å². The minimum Gasteiger partial charge on any atom is -0.381 e. The maximum atomic E-state index is 12.0. The Bertz CT molecular complexity index is 430. The predicted molar refractivity (Wildman–Crippen MR) is 60.8 cm³/mol. The molecule has 1 aliphatic heterocycles. The minimum absolute atomic E-state index is 0.104. The number of rotatable bonds is 5. The molecule has 9 heteroatoms. The Balaban J connectivity index is 1.97. The van der Waals surface area contributed by atoms with E-state index in [-0.39, 0.29) is 12.4 Å². The van der Waals surface area contributed by atoms with E-state index in [1.54, 1.807) is 7.11 Å². The standard InChI is InChI=1S/C11H16F3N3O3/c1-18-10(2-4-19-5-3-10)9-16-8(20-17-9)6-15-7-11(12,13)14/h15H,2-7H2,1H3. The molecule has 0 unspecified atom stereocenters. The van der Waals surface area contributed by atoms with Crippen molar-refractivity contribution in [1.82, 2.24) is 15.5 Å². The lowest BCUT2D eigenvalue weighted by Crippen LogP contribution is -2.36. The second kappa shape index (κ2) is 6.06. The molecule has 0 spiro atoms. The molecule has 2 rings (SSSR count). The quantitative estimate of drug-likeness (QED) is 0.885. The molecule has 2 heterocycles. The molecule has 20 heavy (non-hydrogen) atoms. The summed E-state index contributed by atoms with van der Waals surface area (Å²) in [5.74, 6) is 0.458. The predicted octanol–water partition coefficient (Wildman–Crippen LogP) is 1.37. The Morgan fingerprint density at radius 1 is 1.35 bits per heavy atom. The van der Waals surface area contributed by atoms with E-state index in [0.29, 0.717) is 31.9 Å². The van der Waals surface area contributed by atoms with E-state index >= 15 is 0 Å². The molecule has 0 aromatic carbocycles. The highest BCUT2D eigenvalue weighted by atomic mass is 19.4. The summed E-state index contributed by atoms with van der Waals surface area (Å²) in [4.78, 5) is 4.11.